The molecule has 0 aliphatic rings. The number of nitrogens with zero attached hydrogens (tertiary/aromatic N) is 1. The number of phenols is 1. The fourth-order valence-electron chi connectivity index (χ4n) is 1.36. The van der Waals surface area contributed by atoms with E-state index in [1.807, 2.05) is 0 Å². The monoisotopic (exact) mass is 349 g/mol. The third-order valence-corrected chi connectivity index (χ3v) is 3.43. The van der Waals surface area contributed by atoms with Gasteiger partial charge in [0, 0.05) is 0 Å². The van der Waals surface area contributed by atoms with Crippen LogP contribution < -0.4 is 5.76 Å². The molecule has 0 aliphatic heterocycles. The van der Waals surface area contributed by atoms with Gasteiger partial charge < -0.3 is 14.3 Å². The number of rotatable bonds is 2. The Hall–Kier alpha value is -1.08. The first-order valence-corrected chi connectivity index (χ1v) is 5.78. The van der Waals surface area contributed by atoms with Gasteiger partial charge in [0.25, 0.3) is 0 Å². The summed E-state index contributed by atoms with van der Waals surface area (Å²) in [6.45, 7) is -0.0878. The molecule has 1 heterocycles. The second kappa shape index (κ2) is 4.06. The highest BCUT2D eigenvalue weighted by molar-refractivity contribution is 9.11. The molecule has 1 aromatic carbocycles. The molecule has 0 unspecified atom stereocenters. The van der Waals surface area contributed by atoms with Crippen molar-refractivity contribution < 1.29 is 14.3 Å². The van der Waals surface area contributed by atoms with Gasteiger partial charge >= 0.3 is 5.76 Å². The number of phenolic OH excluding ortho intramolecular Hbond substituents is 1. The lowest BCUT2D eigenvalue weighted by atomic mass is 10.3. The van der Waals surface area contributed by atoms with E-state index in [1.54, 1.807) is 0 Å². The number of aromatic nitrogens is 1. The Balaban J connectivity index is 2.90. The summed E-state index contributed by atoms with van der Waals surface area (Å²) in [6, 6.07) is 1.52. The summed E-state index contributed by atoms with van der Waals surface area (Å²) in [5, 5.41) is 9.60. The van der Waals surface area contributed by atoms with Crippen molar-refractivity contribution in [1.82, 2.24) is 4.57 Å². The molecule has 0 fully saturated rings. The van der Waals surface area contributed by atoms with E-state index in [9.17, 15) is 14.7 Å². The zero-order chi connectivity index (χ0) is 11.9. The van der Waals surface area contributed by atoms with Crippen molar-refractivity contribution in [2.45, 2.75) is 6.54 Å². The molecule has 0 saturated carbocycles. The van der Waals surface area contributed by atoms with Crippen LogP contribution in [0, 0.1) is 0 Å². The number of fused-ring (bicyclic) bond motifs is 1. The number of aromatic hydroxyl groups is 1. The molecule has 0 radical (unpaired) electrons. The maximum Gasteiger partial charge on any atom is 0.420 e. The van der Waals surface area contributed by atoms with E-state index in [1.165, 1.54) is 10.6 Å². The number of benzene rings is 1. The number of aldehydes is 1. The van der Waals surface area contributed by atoms with Crippen LogP contribution in [0.1, 0.15) is 0 Å². The third kappa shape index (κ3) is 1.60. The van der Waals surface area contributed by atoms with Crippen LogP contribution in [-0.4, -0.2) is 16.0 Å². The minimum absolute atomic E-state index is 0.0560. The Kier molecular flexibility index (Phi) is 2.90. The van der Waals surface area contributed by atoms with Crippen LogP contribution in [0.25, 0.3) is 11.1 Å². The van der Waals surface area contributed by atoms with Crippen LogP contribution in [0.2, 0.25) is 0 Å². The van der Waals surface area contributed by atoms with Gasteiger partial charge in [-0.2, -0.15) is 0 Å². The van der Waals surface area contributed by atoms with Crippen LogP contribution >= 0.6 is 31.9 Å². The second-order valence-corrected chi connectivity index (χ2v) is 4.66. The van der Waals surface area contributed by atoms with Gasteiger partial charge in [-0.1, -0.05) is 0 Å². The molecular formula is C9H5Br2NO4. The van der Waals surface area contributed by atoms with Gasteiger partial charge in [-0.3, -0.25) is 4.57 Å². The molecule has 16 heavy (non-hydrogen) atoms. The molecule has 0 saturated heterocycles. The highest BCUT2D eigenvalue weighted by atomic mass is 79.9. The number of carbonyl (C=O) groups is 1. The molecule has 2 aromatic rings. The lowest BCUT2D eigenvalue weighted by Gasteiger charge is -2.01. The Labute approximate surface area is 106 Å². The molecular weight excluding hydrogens is 346 g/mol. The highest BCUT2D eigenvalue weighted by Crippen LogP contribution is 2.38. The standard InChI is InChI=1S/C9H5Br2NO4/c10-4-3-5-8(6(11)7(4)14)16-9(15)12(5)1-2-13/h2-3,14H,1H2. The third-order valence-electron chi connectivity index (χ3n) is 2.09. The van der Waals surface area contributed by atoms with Crippen molar-refractivity contribution in [2.75, 3.05) is 0 Å². The minimum Gasteiger partial charge on any atom is -0.505 e. The molecule has 5 nitrogen and oxygen atoms in total. The molecule has 0 bridgehead atoms. The number of hydrogen-bond donors (Lipinski definition) is 1. The van der Waals surface area contributed by atoms with E-state index in [-0.39, 0.29) is 22.4 Å². The summed E-state index contributed by atoms with van der Waals surface area (Å²) < 4.78 is 6.80. The topological polar surface area (TPSA) is 72.4 Å². The van der Waals surface area contributed by atoms with E-state index in [0.29, 0.717) is 16.3 Å². The molecule has 0 atom stereocenters. The Morgan fingerprint density at radius 2 is 2.19 bits per heavy atom. The minimum atomic E-state index is -0.639. The Morgan fingerprint density at radius 3 is 2.81 bits per heavy atom. The van der Waals surface area contributed by atoms with Gasteiger partial charge in [0.1, 0.15) is 16.5 Å². The maximum absolute atomic E-state index is 11.4. The number of hydrogen-bond acceptors (Lipinski definition) is 4. The van der Waals surface area contributed by atoms with Gasteiger partial charge in [0.05, 0.1) is 16.5 Å². The van der Waals surface area contributed by atoms with Crippen LogP contribution in [0.3, 0.4) is 0 Å². The van der Waals surface area contributed by atoms with Crippen molar-refractivity contribution >= 4 is 49.2 Å². The predicted octanol–water partition coefficient (Wildman–Crippen LogP) is 2.02. The van der Waals surface area contributed by atoms with Crippen molar-refractivity contribution in [3.63, 3.8) is 0 Å². The molecule has 0 amide bonds. The van der Waals surface area contributed by atoms with Gasteiger partial charge in [0.2, 0.25) is 0 Å². The van der Waals surface area contributed by atoms with Gasteiger partial charge in [-0.25, -0.2) is 4.79 Å². The zero-order valence-corrected chi connectivity index (χ0v) is 10.9. The van der Waals surface area contributed by atoms with Crippen molar-refractivity contribution in [1.29, 1.82) is 0 Å². The summed E-state index contributed by atoms with van der Waals surface area (Å²) in [6.07, 6.45) is 0.602. The first-order chi connectivity index (χ1) is 7.56. The number of halogens is 2. The lowest BCUT2D eigenvalue weighted by Crippen LogP contribution is -2.14. The fraction of sp³-hybridized carbons (Fsp3) is 0.111. The summed E-state index contributed by atoms with van der Waals surface area (Å²) in [5.74, 6) is -0.695. The van der Waals surface area contributed by atoms with E-state index >= 15 is 0 Å². The largest absolute Gasteiger partial charge is 0.505 e. The first kappa shape index (κ1) is 11.4. The summed E-state index contributed by atoms with van der Waals surface area (Å²) in [4.78, 5) is 21.9. The van der Waals surface area contributed by atoms with Crippen LogP contribution in [0.15, 0.2) is 24.2 Å². The van der Waals surface area contributed by atoms with E-state index in [4.69, 9.17) is 4.42 Å². The van der Waals surface area contributed by atoms with Crippen molar-refractivity contribution in [3.05, 3.63) is 25.6 Å². The van der Waals surface area contributed by atoms with Crippen LogP contribution in [0.4, 0.5) is 0 Å². The molecule has 0 spiro atoms. The molecule has 0 aliphatic carbocycles. The average Bonchev–Trinajstić information content (AvgIpc) is 2.55. The summed E-state index contributed by atoms with van der Waals surface area (Å²) in [7, 11) is 0. The average molecular weight is 351 g/mol. The predicted molar refractivity (Wildman–Crippen MR) is 63.6 cm³/mol. The zero-order valence-electron chi connectivity index (χ0n) is 7.74. The van der Waals surface area contributed by atoms with Crippen molar-refractivity contribution in [3.8, 4) is 5.75 Å². The maximum atomic E-state index is 11.4. The van der Waals surface area contributed by atoms with E-state index in [2.05, 4.69) is 31.9 Å². The van der Waals surface area contributed by atoms with Crippen LogP contribution in [0.5, 0.6) is 5.75 Å². The van der Waals surface area contributed by atoms with Gasteiger partial charge in [-0.05, 0) is 37.9 Å². The number of oxazole rings is 1. The van der Waals surface area contributed by atoms with Gasteiger partial charge in [-0.15, -0.1) is 0 Å². The second-order valence-electron chi connectivity index (χ2n) is 3.01. The fourth-order valence-corrected chi connectivity index (χ4v) is 2.54. The Bertz CT molecular complexity index is 628. The lowest BCUT2D eigenvalue weighted by molar-refractivity contribution is -0.108. The molecule has 7 heteroatoms. The van der Waals surface area contributed by atoms with E-state index in [0.717, 1.165) is 0 Å². The smallest absolute Gasteiger partial charge is 0.420 e. The molecule has 84 valence electrons. The number of carbonyl (C=O) groups excluding carboxylic acids is 1. The summed E-state index contributed by atoms with van der Waals surface area (Å²) in [5.41, 5.74) is 0.654. The SMILES string of the molecule is O=CCn1c(=O)oc2c(Br)c(O)c(Br)cc21. The van der Waals surface area contributed by atoms with E-state index < -0.39 is 5.76 Å². The van der Waals surface area contributed by atoms with Gasteiger partial charge in [0.15, 0.2) is 5.58 Å². The summed E-state index contributed by atoms with van der Waals surface area (Å²) >= 11 is 6.25. The highest BCUT2D eigenvalue weighted by Gasteiger charge is 2.17. The molecule has 1 aromatic heterocycles. The molecule has 1 N–H and O–H groups in total. The molecule has 2 rings (SSSR count). The van der Waals surface area contributed by atoms with Crippen molar-refractivity contribution in [2.24, 2.45) is 0 Å². The quantitative estimate of drug-likeness (QED) is 0.841. The Morgan fingerprint density at radius 1 is 1.50 bits per heavy atom. The normalized spacial score (nSPS) is 10.9. The van der Waals surface area contributed by atoms with Crippen LogP contribution in [-0.2, 0) is 11.3 Å². The first-order valence-electron chi connectivity index (χ1n) is 4.20.